The first-order chi connectivity index (χ1) is 7.30. The van der Waals surface area contributed by atoms with Crippen molar-refractivity contribution in [3.8, 4) is 0 Å². The van der Waals surface area contributed by atoms with Gasteiger partial charge in [-0.3, -0.25) is 0 Å². The van der Waals surface area contributed by atoms with E-state index in [0.29, 0.717) is 0 Å². The fraction of sp³-hybridized carbons (Fsp3) is 0.143. The number of fused-ring (bicyclic) bond motifs is 1. The Morgan fingerprint density at radius 3 is 2.38 bits per heavy atom. The van der Waals surface area contributed by atoms with Gasteiger partial charge in [-0.15, -0.1) is 11.3 Å². The second-order valence-corrected chi connectivity index (χ2v) is 6.24. The molecule has 0 bridgehead atoms. The first-order valence-electron chi connectivity index (χ1n) is 3.69. The molecule has 2 aromatic rings. The number of thiophene rings is 1. The van der Waals surface area contributed by atoms with Crippen molar-refractivity contribution in [2.75, 3.05) is 0 Å². The molecule has 0 aromatic carbocycles. The fourth-order valence-corrected chi connectivity index (χ4v) is 3.72. The Hall–Kier alpha value is 0.140. The number of alkyl halides is 3. The molecule has 0 fully saturated rings. The molecule has 0 aliphatic rings. The van der Waals surface area contributed by atoms with Crippen molar-refractivity contribution in [2.24, 2.45) is 0 Å². The highest BCUT2D eigenvalue weighted by atomic mass is 127. The predicted molar refractivity (Wildman–Crippen MR) is 65.2 cm³/mol. The van der Waals surface area contributed by atoms with Gasteiger partial charge in [-0.1, -0.05) is 11.6 Å². The highest BCUT2D eigenvalue weighted by Crippen LogP contribution is 2.43. The average Bonchev–Trinajstić information content (AvgIpc) is 2.40. The van der Waals surface area contributed by atoms with Crippen molar-refractivity contribution >= 4 is 67.3 Å². The Balaban J connectivity index is 2.89. The van der Waals surface area contributed by atoms with E-state index in [1.165, 1.54) is 0 Å². The van der Waals surface area contributed by atoms with E-state index in [0.717, 1.165) is 11.3 Å². The summed E-state index contributed by atoms with van der Waals surface area (Å²) in [5.41, 5.74) is -1.05. The van der Waals surface area contributed by atoms with Crippen LogP contribution in [0.4, 0.5) is 13.2 Å². The van der Waals surface area contributed by atoms with Crippen molar-refractivity contribution in [3.05, 3.63) is 18.9 Å². The summed E-state index contributed by atoms with van der Waals surface area (Å²) in [6, 6.07) is 0. The van der Waals surface area contributed by atoms with Gasteiger partial charge in [0.05, 0.1) is 7.58 Å². The largest absolute Gasteiger partial charge is 0.420 e. The number of hydrogen-bond acceptors (Lipinski definition) is 3. The smallest absolute Gasteiger partial charge is 0.216 e. The molecule has 0 N–H and O–H groups in total. The summed E-state index contributed by atoms with van der Waals surface area (Å²) >= 11 is 13.7. The van der Waals surface area contributed by atoms with Crippen molar-refractivity contribution in [3.63, 3.8) is 0 Å². The molecule has 9 heteroatoms. The van der Waals surface area contributed by atoms with Crippen LogP contribution in [0.1, 0.15) is 5.56 Å². The summed E-state index contributed by atoms with van der Waals surface area (Å²) in [5, 5.41) is -0.356. The molecule has 0 aliphatic heterocycles. The van der Waals surface area contributed by atoms with Gasteiger partial charge in [-0.2, -0.15) is 13.2 Å². The maximum atomic E-state index is 12.7. The fourth-order valence-electron chi connectivity index (χ4n) is 1.14. The predicted octanol–water partition coefficient (Wildman–Crippen LogP) is 4.62. The second-order valence-electron chi connectivity index (χ2n) is 2.71. The highest BCUT2D eigenvalue weighted by Gasteiger charge is 2.38. The van der Waals surface area contributed by atoms with E-state index in [4.69, 9.17) is 23.2 Å². The molecule has 2 rings (SSSR count). The molecule has 0 unspecified atom stereocenters. The topological polar surface area (TPSA) is 25.8 Å². The van der Waals surface area contributed by atoms with Crippen LogP contribution in [0.25, 0.3) is 10.2 Å². The monoisotopic (exact) mass is 398 g/mol. The SMILES string of the molecule is FC(F)(F)c1c(I)sc2c(Cl)nc(Cl)nc12. The summed E-state index contributed by atoms with van der Waals surface area (Å²) in [6.45, 7) is 0. The van der Waals surface area contributed by atoms with E-state index in [9.17, 15) is 13.2 Å². The van der Waals surface area contributed by atoms with Gasteiger partial charge in [-0.25, -0.2) is 9.97 Å². The zero-order valence-electron chi connectivity index (χ0n) is 7.07. The standard InChI is InChI=1S/C7Cl2F3IN2S/c8-4-3-2(14-6(9)15-4)1(5(13)16-3)7(10,11)12. The summed E-state index contributed by atoms with van der Waals surface area (Å²) in [4.78, 5) is 7.18. The Morgan fingerprint density at radius 1 is 1.19 bits per heavy atom. The molecule has 0 radical (unpaired) electrons. The minimum atomic E-state index is -4.48. The molecule has 0 saturated carbocycles. The Kier molecular flexibility index (Phi) is 3.23. The molecular weight excluding hydrogens is 399 g/mol. The normalized spacial score (nSPS) is 12.4. The van der Waals surface area contributed by atoms with Crippen molar-refractivity contribution in [2.45, 2.75) is 6.18 Å². The van der Waals surface area contributed by atoms with E-state index in [1.807, 2.05) is 0 Å². The van der Waals surface area contributed by atoms with E-state index in [-0.39, 0.29) is 23.5 Å². The molecule has 0 spiro atoms. The molecule has 0 saturated heterocycles. The Bertz CT molecular complexity index is 569. The van der Waals surface area contributed by atoms with Crippen molar-refractivity contribution < 1.29 is 13.2 Å². The lowest BCUT2D eigenvalue weighted by Gasteiger charge is -2.04. The van der Waals surface area contributed by atoms with Gasteiger partial charge in [0, 0.05) is 0 Å². The van der Waals surface area contributed by atoms with Gasteiger partial charge in [0.1, 0.15) is 11.1 Å². The lowest BCUT2D eigenvalue weighted by Crippen LogP contribution is -2.06. The second kappa shape index (κ2) is 4.11. The third-order valence-electron chi connectivity index (χ3n) is 1.71. The Labute approximate surface area is 115 Å². The number of aromatic nitrogens is 2. The summed E-state index contributed by atoms with van der Waals surface area (Å²) in [7, 11) is 0. The van der Waals surface area contributed by atoms with E-state index >= 15 is 0 Å². The van der Waals surface area contributed by atoms with Gasteiger partial charge >= 0.3 is 6.18 Å². The third-order valence-corrected chi connectivity index (χ3v) is 4.43. The highest BCUT2D eigenvalue weighted by molar-refractivity contribution is 14.1. The van der Waals surface area contributed by atoms with Crippen LogP contribution in [0.5, 0.6) is 0 Å². The molecule has 0 atom stereocenters. The Morgan fingerprint density at radius 2 is 1.81 bits per heavy atom. The minimum absolute atomic E-state index is 0.0617. The number of halogens is 6. The lowest BCUT2D eigenvalue weighted by molar-refractivity contribution is -0.136. The van der Waals surface area contributed by atoms with E-state index < -0.39 is 11.7 Å². The van der Waals surface area contributed by atoms with Crippen LogP contribution in [-0.4, -0.2) is 9.97 Å². The molecule has 2 nitrogen and oxygen atoms in total. The summed E-state index contributed by atoms with van der Waals surface area (Å²) < 4.78 is 38.5. The summed E-state index contributed by atoms with van der Waals surface area (Å²) in [5.74, 6) is 0. The van der Waals surface area contributed by atoms with Crippen LogP contribution in [0, 0.1) is 2.88 Å². The molecular formula is C7Cl2F3IN2S. The van der Waals surface area contributed by atoms with Crippen LogP contribution in [0.2, 0.25) is 10.4 Å². The molecule has 0 amide bonds. The quantitative estimate of drug-likeness (QED) is 0.367. The van der Waals surface area contributed by atoms with Gasteiger partial charge in [0.25, 0.3) is 0 Å². The van der Waals surface area contributed by atoms with E-state index in [2.05, 4.69) is 9.97 Å². The maximum absolute atomic E-state index is 12.7. The molecule has 2 heterocycles. The van der Waals surface area contributed by atoms with Crippen LogP contribution >= 0.6 is 57.1 Å². The van der Waals surface area contributed by atoms with Gasteiger partial charge in [0.2, 0.25) is 5.28 Å². The first kappa shape index (κ1) is 12.6. The zero-order valence-corrected chi connectivity index (χ0v) is 11.6. The molecule has 2 aromatic heterocycles. The van der Waals surface area contributed by atoms with Gasteiger partial charge in [-0.05, 0) is 34.2 Å². The molecule has 0 aliphatic carbocycles. The van der Waals surface area contributed by atoms with E-state index in [1.54, 1.807) is 22.6 Å². The van der Waals surface area contributed by atoms with Crippen LogP contribution in [0.3, 0.4) is 0 Å². The van der Waals surface area contributed by atoms with Crippen molar-refractivity contribution in [1.29, 1.82) is 0 Å². The van der Waals surface area contributed by atoms with Crippen molar-refractivity contribution in [1.82, 2.24) is 9.97 Å². The number of nitrogens with zero attached hydrogens (tertiary/aromatic N) is 2. The maximum Gasteiger partial charge on any atom is 0.420 e. The zero-order chi connectivity index (χ0) is 12.1. The van der Waals surface area contributed by atoms with Crippen LogP contribution < -0.4 is 0 Å². The van der Waals surface area contributed by atoms with Gasteiger partial charge in [0.15, 0.2) is 5.15 Å². The number of hydrogen-bond donors (Lipinski definition) is 0. The minimum Gasteiger partial charge on any atom is -0.216 e. The third kappa shape index (κ3) is 2.09. The first-order valence-corrected chi connectivity index (χ1v) is 6.34. The lowest BCUT2D eigenvalue weighted by atomic mass is 10.3. The van der Waals surface area contributed by atoms with Gasteiger partial charge < -0.3 is 0 Å². The number of rotatable bonds is 0. The molecule has 86 valence electrons. The van der Waals surface area contributed by atoms with Crippen LogP contribution in [-0.2, 0) is 6.18 Å². The average molecular weight is 399 g/mol. The van der Waals surface area contributed by atoms with Crippen LogP contribution in [0.15, 0.2) is 0 Å². The molecule has 16 heavy (non-hydrogen) atoms. The summed E-state index contributed by atoms with van der Waals surface area (Å²) in [6.07, 6.45) is -4.48.